The molecule has 0 amide bonds. The highest BCUT2D eigenvalue weighted by Gasteiger charge is 2.12. The molecule has 2 heterocycles. The van der Waals surface area contributed by atoms with E-state index in [2.05, 4.69) is 15.0 Å². The van der Waals surface area contributed by atoms with Crippen LogP contribution in [0.1, 0.15) is 22.0 Å². The first-order chi connectivity index (χ1) is 13.1. The fourth-order valence-electron chi connectivity index (χ4n) is 2.81. The molecule has 0 unspecified atom stereocenters. The molecule has 4 rings (SSSR count). The Morgan fingerprint density at radius 3 is 2.44 bits per heavy atom. The summed E-state index contributed by atoms with van der Waals surface area (Å²) in [6.07, 6.45) is 0.0865. The molecule has 0 radical (unpaired) electrons. The van der Waals surface area contributed by atoms with Gasteiger partial charge in [0.1, 0.15) is 0 Å². The Bertz CT molecular complexity index is 1130. The highest BCUT2D eigenvalue weighted by Crippen LogP contribution is 2.27. The Morgan fingerprint density at radius 1 is 0.963 bits per heavy atom. The molecule has 0 saturated heterocycles. The van der Waals surface area contributed by atoms with Crippen LogP contribution in [-0.4, -0.2) is 19.9 Å². The number of nitrogens with zero attached hydrogens (tertiary/aromatic N) is 4. The van der Waals surface area contributed by atoms with Crippen molar-refractivity contribution in [1.82, 2.24) is 15.0 Å². The standard InChI is InChI=1S/C19H13FN4O2S/c20-19-21-13(8-12-4-2-1-3-5-12)9-14(22-19)10-18-23-16-7-6-15(24(25)26)11-17(16)27-18/h1-7,9,11H,8,10H2. The van der Waals surface area contributed by atoms with Gasteiger partial charge in [0.15, 0.2) is 0 Å². The van der Waals surface area contributed by atoms with Crippen molar-refractivity contribution < 1.29 is 9.31 Å². The van der Waals surface area contributed by atoms with Crippen LogP contribution in [0.5, 0.6) is 0 Å². The summed E-state index contributed by atoms with van der Waals surface area (Å²) in [7, 11) is 0. The smallest absolute Gasteiger partial charge is 0.258 e. The van der Waals surface area contributed by atoms with Gasteiger partial charge in [0.2, 0.25) is 0 Å². The van der Waals surface area contributed by atoms with Gasteiger partial charge in [-0.1, -0.05) is 30.3 Å². The molecule has 0 aliphatic carbocycles. The second-order valence-corrected chi connectivity index (χ2v) is 7.09. The number of thiazole rings is 1. The minimum Gasteiger partial charge on any atom is -0.258 e. The summed E-state index contributed by atoms with van der Waals surface area (Å²) in [6.45, 7) is 0. The molecule has 0 spiro atoms. The maximum Gasteiger partial charge on any atom is 0.309 e. The molecular weight excluding hydrogens is 367 g/mol. The van der Waals surface area contributed by atoms with Crippen LogP contribution < -0.4 is 0 Å². The molecule has 0 aliphatic heterocycles. The SMILES string of the molecule is O=[N+]([O-])c1ccc2nc(Cc3cc(Cc4ccccc4)nc(F)n3)sc2c1. The van der Waals surface area contributed by atoms with Gasteiger partial charge in [-0.25, -0.2) is 15.0 Å². The summed E-state index contributed by atoms with van der Waals surface area (Å²) in [5.41, 5.74) is 2.87. The minimum atomic E-state index is -0.768. The first-order valence-electron chi connectivity index (χ1n) is 8.17. The highest BCUT2D eigenvalue weighted by atomic mass is 32.1. The fourth-order valence-corrected chi connectivity index (χ4v) is 3.83. The Labute approximate surface area is 157 Å². The Balaban J connectivity index is 1.60. The third kappa shape index (κ3) is 3.95. The summed E-state index contributed by atoms with van der Waals surface area (Å²) in [4.78, 5) is 22.7. The number of benzene rings is 2. The lowest BCUT2D eigenvalue weighted by molar-refractivity contribution is -0.384. The summed E-state index contributed by atoms with van der Waals surface area (Å²) in [5.74, 6) is 0. The van der Waals surface area contributed by atoms with E-state index in [4.69, 9.17) is 0 Å². The zero-order valence-corrected chi connectivity index (χ0v) is 14.8. The van der Waals surface area contributed by atoms with Crippen LogP contribution in [0.4, 0.5) is 10.1 Å². The topological polar surface area (TPSA) is 81.8 Å². The Morgan fingerprint density at radius 2 is 1.70 bits per heavy atom. The Kier molecular flexibility index (Phi) is 4.55. The van der Waals surface area contributed by atoms with E-state index < -0.39 is 11.0 Å². The van der Waals surface area contributed by atoms with Crippen molar-refractivity contribution in [3.8, 4) is 0 Å². The van der Waals surface area contributed by atoms with Gasteiger partial charge in [-0.15, -0.1) is 11.3 Å². The lowest BCUT2D eigenvalue weighted by atomic mass is 10.1. The monoisotopic (exact) mass is 380 g/mol. The van der Waals surface area contributed by atoms with E-state index >= 15 is 0 Å². The van der Waals surface area contributed by atoms with Crippen LogP contribution >= 0.6 is 11.3 Å². The normalized spacial score (nSPS) is 11.0. The van der Waals surface area contributed by atoms with E-state index in [0.29, 0.717) is 34.8 Å². The number of fused-ring (bicyclic) bond motifs is 1. The summed E-state index contributed by atoms with van der Waals surface area (Å²) in [6, 6.07) is 16.0. The van der Waals surface area contributed by atoms with Crippen molar-refractivity contribution in [2.75, 3.05) is 0 Å². The average molecular weight is 380 g/mol. The maximum atomic E-state index is 13.9. The van der Waals surface area contributed by atoms with Crippen molar-refractivity contribution in [1.29, 1.82) is 0 Å². The molecule has 0 saturated carbocycles. The summed E-state index contributed by atoms with van der Waals surface area (Å²) in [5, 5.41) is 11.6. The molecule has 0 bridgehead atoms. The number of nitro benzene ring substituents is 1. The largest absolute Gasteiger partial charge is 0.309 e. The Hall–Kier alpha value is -3.26. The third-order valence-electron chi connectivity index (χ3n) is 3.99. The molecule has 2 aromatic carbocycles. The predicted molar refractivity (Wildman–Crippen MR) is 100 cm³/mol. The quantitative estimate of drug-likeness (QED) is 0.293. The fraction of sp³-hybridized carbons (Fsp3) is 0.105. The van der Waals surface area contributed by atoms with Crippen LogP contribution in [0.3, 0.4) is 0 Å². The summed E-state index contributed by atoms with van der Waals surface area (Å²) >= 11 is 1.34. The minimum absolute atomic E-state index is 0.0240. The number of nitro groups is 1. The van der Waals surface area contributed by atoms with Crippen LogP contribution in [0.2, 0.25) is 0 Å². The second kappa shape index (κ2) is 7.16. The average Bonchev–Trinajstić information content (AvgIpc) is 3.03. The van der Waals surface area contributed by atoms with Crippen molar-refractivity contribution >= 4 is 27.2 Å². The van der Waals surface area contributed by atoms with Gasteiger partial charge in [0, 0.05) is 25.0 Å². The summed E-state index contributed by atoms with van der Waals surface area (Å²) < 4.78 is 14.6. The van der Waals surface area contributed by atoms with Gasteiger partial charge in [0.05, 0.1) is 31.5 Å². The first-order valence-corrected chi connectivity index (χ1v) is 8.98. The van der Waals surface area contributed by atoms with Crippen molar-refractivity contribution in [2.45, 2.75) is 12.8 Å². The number of rotatable bonds is 5. The lowest BCUT2D eigenvalue weighted by Gasteiger charge is -2.04. The van der Waals surface area contributed by atoms with E-state index in [1.54, 1.807) is 12.1 Å². The van der Waals surface area contributed by atoms with Crippen LogP contribution in [-0.2, 0) is 12.8 Å². The molecule has 2 aromatic heterocycles. The van der Waals surface area contributed by atoms with Crippen LogP contribution in [0.25, 0.3) is 10.2 Å². The molecule has 0 N–H and O–H groups in total. The van der Waals surface area contributed by atoms with E-state index in [1.807, 2.05) is 30.3 Å². The van der Waals surface area contributed by atoms with Gasteiger partial charge in [-0.05, 0) is 17.7 Å². The van der Waals surface area contributed by atoms with Gasteiger partial charge < -0.3 is 0 Å². The molecule has 27 heavy (non-hydrogen) atoms. The number of hydrogen-bond acceptors (Lipinski definition) is 6. The number of hydrogen-bond donors (Lipinski definition) is 0. The van der Waals surface area contributed by atoms with Crippen LogP contribution in [0, 0.1) is 16.2 Å². The van der Waals surface area contributed by atoms with E-state index in [-0.39, 0.29) is 5.69 Å². The van der Waals surface area contributed by atoms with E-state index in [0.717, 1.165) is 10.3 Å². The first kappa shape index (κ1) is 17.2. The van der Waals surface area contributed by atoms with E-state index in [1.165, 1.54) is 23.5 Å². The second-order valence-electron chi connectivity index (χ2n) is 5.98. The molecule has 134 valence electrons. The molecule has 6 nitrogen and oxygen atoms in total. The zero-order valence-electron chi connectivity index (χ0n) is 14.0. The number of aromatic nitrogens is 3. The number of non-ortho nitro benzene ring substituents is 1. The zero-order chi connectivity index (χ0) is 18.8. The highest BCUT2D eigenvalue weighted by molar-refractivity contribution is 7.18. The van der Waals surface area contributed by atoms with Gasteiger partial charge in [0.25, 0.3) is 5.69 Å². The predicted octanol–water partition coefficient (Wildman–Crippen LogP) is 4.32. The molecule has 8 heteroatoms. The molecular formula is C19H13FN4O2S. The van der Waals surface area contributed by atoms with Crippen LogP contribution in [0.15, 0.2) is 54.6 Å². The lowest BCUT2D eigenvalue weighted by Crippen LogP contribution is -2.02. The molecule has 0 fully saturated rings. The van der Waals surface area contributed by atoms with Gasteiger partial charge in [-0.2, -0.15) is 4.39 Å². The van der Waals surface area contributed by atoms with Crippen molar-refractivity contribution in [3.63, 3.8) is 0 Å². The molecule has 4 aromatic rings. The molecule has 0 aliphatic rings. The van der Waals surface area contributed by atoms with Crippen molar-refractivity contribution in [3.05, 3.63) is 92.7 Å². The molecule has 0 atom stereocenters. The van der Waals surface area contributed by atoms with Gasteiger partial charge in [-0.3, -0.25) is 10.1 Å². The van der Waals surface area contributed by atoms with Crippen molar-refractivity contribution in [2.24, 2.45) is 0 Å². The third-order valence-corrected chi connectivity index (χ3v) is 5.01. The maximum absolute atomic E-state index is 13.9. The number of halogens is 1. The van der Waals surface area contributed by atoms with E-state index in [9.17, 15) is 14.5 Å². The van der Waals surface area contributed by atoms with Gasteiger partial charge >= 0.3 is 6.08 Å².